The largest absolute Gasteiger partial charge is 0.447 e. The maximum Gasteiger partial charge on any atom is 0.203 e. The number of aliphatic hydroxyl groups is 1. The molecule has 0 spiro atoms. The number of hydrogen-bond donors (Lipinski definition) is 2. The van der Waals surface area contributed by atoms with Crippen molar-refractivity contribution in [3.63, 3.8) is 0 Å². The number of hydrogen-bond acceptors (Lipinski definition) is 6. The Balaban J connectivity index is 1.78. The molecule has 1 aromatic heterocycles. The molecule has 24 heavy (non-hydrogen) atoms. The van der Waals surface area contributed by atoms with Crippen LogP contribution in [-0.4, -0.2) is 56.0 Å². The van der Waals surface area contributed by atoms with Crippen LogP contribution in [0.4, 0.5) is 11.6 Å². The third-order valence-electron chi connectivity index (χ3n) is 4.92. The van der Waals surface area contributed by atoms with Crippen molar-refractivity contribution in [3.8, 4) is 0 Å². The van der Waals surface area contributed by atoms with Gasteiger partial charge in [0.2, 0.25) is 5.88 Å². The van der Waals surface area contributed by atoms with Crippen LogP contribution in [0.1, 0.15) is 5.56 Å². The molecule has 0 aliphatic carbocycles. The zero-order valence-electron chi connectivity index (χ0n) is 13.6. The SMILES string of the molecule is CN(C)[C@H]1CN(c2occ3c4c(c(Cl)cc23)N(Br)CNC4)C[C@@H]1O. The fraction of sp³-hybridized carbons (Fsp3) is 0.500. The number of halogens is 2. The molecular weight excluding hydrogens is 396 g/mol. The Kier molecular flexibility index (Phi) is 4.17. The number of nitrogens with zero attached hydrogens (tertiary/aromatic N) is 3. The van der Waals surface area contributed by atoms with Crippen LogP contribution in [-0.2, 0) is 6.54 Å². The zero-order valence-corrected chi connectivity index (χ0v) is 15.9. The Morgan fingerprint density at radius 1 is 1.38 bits per heavy atom. The van der Waals surface area contributed by atoms with Crippen molar-refractivity contribution in [3.05, 3.63) is 22.9 Å². The molecule has 1 saturated heterocycles. The first kappa shape index (κ1) is 16.5. The van der Waals surface area contributed by atoms with Crippen LogP contribution in [0.2, 0.25) is 5.02 Å². The summed E-state index contributed by atoms with van der Waals surface area (Å²) in [6, 6.07) is 2.06. The van der Waals surface area contributed by atoms with E-state index in [0.29, 0.717) is 18.2 Å². The van der Waals surface area contributed by atoms with Crippen LogP contribution in [0, 0.1) is 0 Å². The van der Waals surface area contributed by atoms with E-state index in [4.69, 9.17) is 16.0 Å². The number of nitrogens with one attached hydrogen (secondary N) is 1. The van der Waals surface area contributed by atoms with Gasteiger partial charge in [0.05, 0.1) is 45.7 Å². The van der Waals surface area contributed by atoms with Crippen LogP contribution in [0.3, 0.4) is 0 Å². The second-order valence-corrected chi connectivity index (χ2v) is 7.90. The first-order valence-electron chi connectivity index (χ1n) is 7.93. The van der Waals surface area contributed by atoms with Crippen LogP contribution in [0.15, 0.2) is 16.7 Å². The molecule has 0 saturated carbocycles. The van der Waals surface area contributed by atoms with Gasteiger partial charge in [-0.25, -0.2) is 0 Å². The van der Waals surface area contributed by atoms with E-state index in [2.05, 4.69) is 31.3 Å². The third kappa shape index (κ3) is 2.50. The highest BCUT2D eigenvalue weighted by molar-refractivity contribution is 9.10. The van der Waals surface area contributed by atoms with Gasteiger partial charge < -0.3 is 19.3 Å². The van der Waals surface area contributed by atoms with Crippen molar-refractivity contribution in [1.29, 1.82) is 0 Å². The molecule has 1 aromatic carbocycles. The molecule has 130 valence electrons. The molecule has 2 aliphatic heterocycles. The molecule has 0 radical (unpaired) electrons. The van der Waals surface area contributed by atoms with Gasteiger partial charge in [0, 0.05) is 36.0 Å². The monoisotopic (exact) mass is 414 g/mol. The minimum atomic E-state index is -0.395. The summed E-state index contributed by atoms with van der Waals surface area (Å²) in [5.74, 6) is 0.782. The van der Waals surface area contributed by atoms with Crippen LogP contribution >= 0.6 is 27.7 Å². The van der Waals surface area contributed by atoms with Gasteiger partial charge in [-0.15, -0.1) is 0 Å². The highest BCUT2D eigenvalue weighted by Crippen LogP contribution is 2.43. The van der Waals surface area contributed by atoms with Crippen molar-refractivity contribution in [1.82, 2.24) is 10.2 Å². The fourth-order valence-electron chi connectivity index (χ4n) is 3.68. The summed E-state index contributed by atoms with van der Waals surface area (Å²) in [5, 5.41) is 16.4. The summed E-state index contributed by atoms with van der Waals surface area (Å²) in [4.78, 5) is 4.15. The Bertz CT molecular complexity index is 781. The summed E-state index contributed by atoms with van der Waals surface area (Å²) < 4.78 is 7.84. The van der Waals surface area contributed by atoms with E-state index in [0.717, 1.165) is 41.0 Å². The van der Waals surface area contributed by atoms with Gasteiger partial charge in [0.25, 0.3) is 0 Å². The molecule has 2 aromatic rings. The van der Waals surface area contributed by atoms with Crippen molar-refractivity contribution in [2.75, 3.05) is 42.7 Å². The van der Waals surface area contributed by atoms with E-state index in [-0.39, 0.29) is 6.04 Å². The van der Waals surface area contributed by atoms with Crippen LogP contribution in [0.25, 0.3) is 10.8 Å². The minimum absolute atomic E-state index is 0.0953. The molecule has 0 unspecified atom stereocenters. The average molecular weight is 416 g/mol. The molecule has 6 nitrogen and oxygen atoms in total. The smallest absolute Gasteiger partial charge is 0.203 e. The van der Waals surface area contributed by atoms with E-state index in [1.54, 1.807) is 6.26 Å². The summed E-state index contributed by atoms with van der Waals surface area (Å²) in [7, 11) is 3.97. The fourth-order valence-corrected chi connectivity index (χ4v) is 4.69. The van der Waals surface area contributed by atoms with Gasteiger partial charge in [-0.3, -0.25) is 9.24 Å². The first-order valence-corrected chi connectivity index (χ1v) is 9.02. The molecule has 4 rings (SSSR count). The molecule has 2 atom stereocenters. The van der Waals surface area contributed by atoms with Gasteiger partial charge in [-0.05, 0) is 20.2 Å². The quantitative estimate of drug-likeness (QED) is 0.735. The van der Waals surface area contributed by atoms with Gasteiger partial charge in [-0.2, -0.15) is 0 Å². The Labute approximate surface area is 154 Å². The van der Waals surface area contributed by atoms with E-state index in [1.807, 2.05) is 24.1 Å². The molecular formula is C16H20BrClN4O2. The number of benzene rings is 1. The molecule has 2 aliphatic rings. The number of furan rings is 1. The summed E-state index contributed by atoms with van der Waals surface area (Å²) in [6.07, 6.45) is 1.40. The Morgan fingerprint density at radius 3 is 2.88 bits per heavy atom. The van der Waals surface area contributed by atoms with Gasteiger partial charge >= 0.3 is 0 Å². The lowest BCUT2D eigenvalue weighted by Crippen LogP contribution is -2.37. The minimum Gasteiger partial charge on any atom is -0.447 e. The van der Waals surface area contributed by atoms with Gasteiger partial charge in [0.15, 0.2) is 0 Å². The summed E-state index contributed by atoms with van der Waals surface area (Å²) in [5.41, 5.74) is 2.11. The molecule has 0 amide bonds. The van der Waals surface area contributed by atoms with Crippen molar-refractivity contribution >= 4 is 50.1 Å². The predicted molar refractivity (Wildman–Crippen MR) is 100 cm³/mol. The standard InChI is InChI=1S/C16H20BrClN4O2/c1-20(2)13-5-21(6-14(13)23)16-9-3-12(18)15-10(11(9)7-24-16)4-19-8-22(15)17/h3,7,13-14,19,23H,4-6,8H2,1-2H3/t13-,14-/m0/s1. The van der Waals surface area contributed by atoms with Crippen molar-refractivity contribution in [2.45, 2.75) is 18.7 Å². The maximum absolute atomic E-state index is 10.3. The van der Waals surface area contributed by atoms with E-state index in [1.165, 1.54) is 0 Å². The van der Waals surface area contributed by atoms with E-state index >= 15 is 0 Å². The average Bonchev–Trinajstić information content (AvgIpc) is 3.10. The second-order valence-electron chi connectivity index (χ2n) is 6.64. The highest BCUT2D eigenvalue weighted by atomic mass is 79.9. The first-order chi connectivity index (χ1) is 11.5. The number of anilines is 2. The Hall–Kier alpha value is -0.990. The lowest BCUT2D eigenvalue weighted by atomic mass is 10.0. The van der Waals surface area contributed by atoms with E-state index in [9.17, 15) is 5.11 Å². The summed E-state index contributed by atoms with van der Waals surface area (Å²) >= 11 is 10.1. The van der Waals surface area contributed by atoms with Crippen molar-refractivity contribution < 1.29 is 9.52 Å². The number of rotatable bonds is 2. The Morgan fingerprint density at radius 2 is 2.17 bits per heavy atom. The lowest BCUT2D eigenvalue weighted by molar-refractivity contribution is 0.114. The number of likely N-dealkylation sites (N-methyl/N-ethyl adjacent to an activating group) is 1. The summed E-state index contributed by atoms with van der Waals surface area (Å²) in [6.45, 7) is 2.74. The third-order valence-corrected chi connectivity index (χ3v) is 5.82. The molecule has 0 bridgehead atoms. The van der Waals surface area contributed by atoms with Gasteiger partial charge in [0.1, 0.15) is 6.26 Å². The predicted octanol–water partition coefficient (Wildman–Crippen LogP) is 2.37. The van der Waals surface area contributed by atoms with Crippen molar-refractivity contribution in [2.24, 2.45) is 0 Å². The normalized spacial score (nSPS) is 24.2. The van der Waals surface area contributed by atoms with E-state index < -0.39 is 6.10 Å². The number of fused-ring (bicyclic) bond motifs is 3. The maximum atomic E-state index is 10.3. The topological polar surface area (TPSA) is 55.1 Å². The van der Waals surface area contributed by atoms with Crippen LogP contribution in [0.5, 0.6) is 0 Å². The number of aliphatic hydroxyl groups excluding tert-OH is 1. The second kappa shape index (κ2) is 6.07. The number of β-amino-alcohol motifs (C(OH)–C–C–N with tert-alkyl or cyclic N) is 1. The highest BCUT2D eigenvalue weighted by Gasteiger charge is 2.35. The zero-order chi connectivity index (χ0) is 17.0. The molecule has 3 heterocycles. The molecule has 8 heteroatoms. The lowest BCUT2D eigenvalue weighted by Gasteiger charge is -2.27. The van der Waals surface area contributed by atoms with Gasteiger partial charge in [-0.1, -0.05) is 11.6 Å². The van der Waals surface area contributed by atoms with Crippen LogP contribution < -0.4 is 14.1 Å². The molecule has 1 fully saturated rings. The molecule has 2 N–H and O–H groups in total.